The van der Waals surface area contributed by atoms with Gasteiger partial charge in [0.15, 0.2) is 5.65 Å². The van der Waals surface area contributed by atoms with Crippen molar-refractivity contribution in [2.45, 2.75) is 10.1 Å². The lowest BCUT2D eigenvalue weighted by molar-refractivity contribution is 0.0692. The van der Waals surface area contributed by atoms with E-state index in [9.17, 15) is 4.79 Å². The first-order valence-corrected chi connectivity index (χ1v) is 6.08. The van der Waals surface area contributed by atoms with E-state index in [1.807, 2.05) is 0 Å². The van der Waals surface area contributed by atoms with Crippen molar-refractivity contribution in [1.82, 2.24) is 24.6 Å². The molecule has 0 fully saturated rings. The molecule has 0 amide bonds. The third kappa shape index (κ3) is 2.13. The van der Waals surface area contributed by atoms with Crippen LogP contribution in [0.3, 0.4) is 0 Å². The molecule has 0 aliphatic carbocycles. The Morgan fingerprint density at radius 2 is 2.11 bits per heavy atom. The largest absolute Gasteiger partial charge is 0.478 e. The Kier molecular flexibility index (Phi) is 2.84. The fraction of sp³-hybridized carbons (Fsp3) is 0. The van der Waals surface area contributed by atoms with Crippen molar-refractivity contribution in [3.05, 3.63) is 42.6 Å². The van der Waals surface area contributed by atoms with Gasteiger partial charge in [-0.1, -0.05) is 0 Å². The number of fused-ring (bicyclic) bond motifs is 1. The van der Waals surface area contributed by atoms with Crippen LogP contribution in [-0.4, -0.2) is 35.6 Å². The van der Waals surface area contributed by atoms with Gasteiger partial charge in [-0.25, -0.2) is 14.8 Å². The summed E-state index contributed by atoms with van der Waals surface area (Å²) in [6, 6.07) is 3.08. The number of carboxylic acids is 1. The van der Waals surface area contributed by atoms with Gasteiger partial charge in [-0.05, 0) is 23.9 Å². The zero-order valence-corrected chi connectivity index (χ0v) is 10.3. The SMILES string of the molecule is O=C(O)c1cccnc1Sc1nccn2cnnc12. The van der Waals surface area contributed by atoms with Crippen LogP contribution in [0.1, 0.15) is 10.4 Å². The topological polar surface area (TPSA) is 93.3 Å². The van der Waals surface area contributed by atoms with Gasteiger partial charge in [-0.15, -0.1) is 10.2 Å². The van der Waals surface area contributed by atoms with Crippen LogP contribution < -0.4 is 0 Å². The molecule has 3 rings (SSSR count). The summed E-state index contributed by atoms with van der Waals surface area (Å²) < 4.78 is 1.71. The third-order valence-corrected chi connectivity index (χ3v) is 3.38. The van der Waals surface area contributed by atoms with Gasteiger partial charge in [-0.2, -0.15) is 0 Å². The second-order valence-electron chi connectivity index (χ2n) is 3.56. The second-order valence-corrected chi connectivity index (χ2v) is 4.54. The summed E-state index contributed by atoms with van der Waals surface area (Å²) in [5.74, 6) is -1.02. The third-order valence-electron chi connectivity index (χ3n) is 2.38. The summed E-state index contributed by atoms with van der Waals surface area (Å²) in [6.45, 7) is 0. The molecule has 3 aromatic heterocycles. The predicted molar refractivity (Wildman–Crippen MR) is 66.1 cm³/mol. The number of nitrogens with zero attached hydrogens (tertiary/aromatic N) is 5. The van der Waals surface area contributed by atoms with Crippen LogP contribution in [0, 0.1) is 0 Å². The van der Waals surface area contributed by atoms with Crippen LogP contribution in [-0.2, 0) is 0 Å². The van der Waals surface area contributed by atoms with E-state index in [0.29, 0.717) is 15.7 Å². The minimum atomic E-state index is -1.02. The van der Waals surface area contributed by atoms with Crippen LogP contribution in [0.25, 0.3) is 5.65 Å². The van der Waals surface area contributed by atoms with Gasteiger partial charge in [0.25, 0.3) is 0 Å². The van der Waals surface area contributed by atoms with E-state index >= 15 is 0 Å². The second kappa shape index (κ2) is 4.65. The number of hydrogen-bond acceptors (Lipinski definition) is 6. The van der Waals surface area contributed by atoms with Gasteiger partial charge in [0, 0.05) is 18.6 Å². The highest BCUT2D eigenvalue weighted by atomic mass is 32.2. The number of carbonyl (C=O) groups is 1. The molecule has 3 heterocycles. The maximum absolute atomic E-state index is 11.1. The van der Waals surface area contributed by atoms with Crippen molar-refractivity contribution in [3.8, 4) is 0 Å². The molecule has 1 N–H and O–H groups in total. The number of hydrogen-bond donors (Lipinski definition) is 1. The lowest BCUT2D eigenvalue weighted by Gasteiger charge is -2.04. The highest BCUT2D eigenvalue weighted by molar-refractivity contribution is 7.99. The Bertz CT molecular complexity index is 757. The quantitative estimate of drug-likeness (QED) is 0.770. The van der Waals surface area contributed by atoms with Gasteiger partial charge in [-0.3, -0.25) is 4.40 Å². The Morgan fingerprint density at radius 3 is 2.95 bits per heavy atom. The van der Waals surface area contributed by atoms with Crippen molar-refractivity contribution >= 4 is 23.4 Å². The van der Waals surface area contributed by atoms with Crippen LogP contribution in [0.5, 0.6) is 0 Å². The normalized spacial score (nSPS) is 10.7. The average Bonchev–Trinajstić information content (AvgIpc) is 2.88. The molecule has 0 aliphatic rings. The molecular weight excluding hydrogens is 266 g/mol. The summed E-state index contributed by atoms with van der Waals surface area (Å²) in [5.41, 5.74) is 0.699. The predicted octanol–water partition coefficient (Wildman–Crippen LogP) is 1.37. The van der Waals surface area contributed by atoms with Gasteiger partial charge in [0.2, 0.25) is 0 Å². The van der Waals surface area contributed by atoms with Crippen molar-refractivity contribution in [2.24, 2.45) is 0 Å². The van der Waals surface area contributed by atoms with E-state index in [1.54, 1.807) is 35.4 Å². The summed E-state index contributed by atoms with van der Waals surface area (Å²) >= 11 is 1.15. The van der Waals surface area contributed by atoms with Crippen molar-refractivity contribution < 1.29 is 9.90 Å². The minimum absolute atomic E-state index is 0.135. The number of aromatic carboxylic acids is 1. The Balaban J connectivity index is 2.06. The molecule has 0 bridgehead atoms. The molecule has 0 saturated heterocycles. The molecule has 0 aliphatic heterocycles. The zero-order valence-electron chi connectivity index (χ0n) is 9.46. The standard InChI is InChI=1S/C11H7N5O2S/c17-11(18)7-2-1-3-12-9(7)19-10-8-15-14-6-16(8)5-4-13-10/h1-6H,(H,17,18). The summed E-state index contributed by atoms with van der Waals surface area (Å²) in [6.07, 6.45) is 6.41. The molecule has 0 radical (unpaired) electrons. The fourth-order valence-electron chi connectivity index (χ4n) is 1.53. The maximum atomic E-state index is 11.1. The number of rotatable bonds is 3. The van der Waals surface area contributed by atoms with E-state index in [1.165, 1.54) is 6.07 Å². The molecule has 7 nitrogen and oxygen atoms in total. The molecule has 8 heteroatoms. The van der Waals surface area contributed by atoms with E-state index in [-0.39, 0.29) is 5.56 Å². The Morgan fingerprint density at radius 1 is 1.26 bits per heavy atom. The first-order chi connectivity index (χ1) is 9.25. The molecule has 0 spiro atoms. The van der Waals surface area contributed by atoms with Crippen molar-refractivity contribution in [2.75, 3.05) is 0 Å². The minimum Gasteiger partial charge on any atom is -0.478 e. The van der Waals surface area contributed by atoms with E-state index in [2.05, 4.69) is 20.2 Å². The van der Waals surface area contributed by atoms with E-state index in [0.717, 1.165) is 11.8 Å². The van der Waals surface area contributed by atoms with Gasteiger partial charge in [0.1, 0.15) is 16.4 Å². The summed E-state index contributed by atoms with van der Waals surface area (Å²) in [5, 5.41) is 17.8. The van der Waals surface area contributed by atoms with Gasteiger partial charge >= 0.3 is 5.97 Å². The molecule has 19 heavy (non-hydrogen) atoms. The lowest BCUT2D eigenvalue weighted by Crippen LogP contribution is -2.00. The zero-order chi connectivity index (χ0) is 13.2. The molecule has 3 aromatic rings. The summed E-state index contributed by atoms with van der Waals surface area (Å²) in [4.78, 5) is 19.4. The van der Waals surface area contributed by atoms with Gasteiger partial charge in [0.05, 0.1) is 5.56 Å². The monoisotopic (exact) mass is 273 g/mol. The molecule has 0 atom stereocenters. The molecule has 0 aromatic carbocycles. The highest BCUT2D eigenvalue weighted by Crippen LogP contribution is 2.29. The smallest absolute Gasteiger partial charge is 0.338 e. The molecule has 0 unspecified atom stereocenters. The van der Waals surface area contributed by atoms with Gasteiger partial charge < -0.3 is 5.11 Å². The average molecular weight is 273 g/mol. The van der Waals surface area contributed by atoms with Crippen molar-refractivity contribution in [3.63, 3.8) is 0 Å². The fourth-order valence-corrected chi connectivity index (χ4v) is 2.45. The van der Waals surface area contributed by atoms with Crippen LogP contribution >= 0.6 is 11.8 Å². The molecular formula is C11H7N5O2S. The highest BCUT2D eigenvalue weighted by Gasteiger charge is 2.14. The van der Waals surface area contributed by atoms with Crippen LogP contribution in [0.2, 0.25) is 0 Å². The molecule has 0 saturated carbocycles. The number of aromatic nitrogens is 5. The van der Waals surface area contributed by atoms with Crippen LogP contribution in [0.15, 0.2) is 47.1 Å². The van der Waals surface area contributed by atoms with E-state index < -0.39 is 5.97 Å². The van der Waals surface area contributed by atoms with E-state index in [4.69, 9.17) is 5.11 Å². The first kappa shape index (κ1) is 11.6. The number of pyridine rings is 1. The van der Waals surface area contributed by atoms with Crippen LogP contribution in [0.4, 0.5) is 0 Å². The van der Waals surface area contributed by atoms with Crippen molar-refractivity contribution in [1.29, 1.82) is 0 Å². The molecule has 94 valence electrons. The first-order valence-electron chi connectivity index (χ1n) is 5.26. The lowest BCUT2D eigenvalue weighted by atomic mass is 10.3. The maximum Gasteiger partial charge on any atom is 0.338 e. The number of carboxylic acid groups (broad SMARTS) is 1. The Hall–Kier alpha value is -2.48. The Labute approximate surface area is 111 Å². The summed E-state index contributed by atoms with van der Waals surface area (Å²) in [7, 11) is 0.